The lowest BCUT2D eigenvalue weighted by Crippen LogP contribution is -2.37. The molecule has 0 aromatic rings. The Morgan fingerprint density at radius 1 is 0.960 bits per heavy atom. The Hall–Kier alpha value is -1.05. The van der Waals surface area contributed by atoms with Gasteiger partial charge in [-0.15, -0.1) is 0 Å². The number of hydrogen-bond acceptors (Lipinski definition) is 1. The van der Waals surface area contributed by atoms with Gasteiger partial charge in [0.1, 0.15) is 0 Å². The third-order valence-corrected chi connectivity index (χ3v) is 6.26. The number of carbonyl (C=O) groups is 1. The van der Waals surface area contributed by atoms with Crippen LogP contribution < -0.4 is 5.32 Å². The van der Waals surface area contributed by atoms with Gasteiger partial charge in [-0.2, -0.15) is 0 Å². The van der Waals surface area contributed by atoms with Gasteiger partial charge in [-0.3, -0.25) is 4.79 Å². The summed E-state index contributed by atoms with van der Waals surface area (Å²) in [7, 11) is 0. The standard InChI is InChI=1S/C23H39NO/c1-4-5-6-7-19-8-10-20(11-9-19)12-13-21-14-16-22(17-15-21)24-23(25)18(2)3/h12-13,19-22H,2,4-11,14-17H2,1,3H3,(H,24,25)/b13-12+. The summed E-state index contributed by atoms with van der Waals surface area (Å²) in [6, 6.07) is 0.354. The molecule has 0 spiro atoms. The van der Waals surface area contributed by atoms with Crippen LogP contribution in [0.3, 0.4) is 0 Å². The third kappa shape index (κ3) is 7.38. The van der Waals surface area contributed by atoms with Gasteiger partial charge >= 0.3 is 0 Å². The number of amides is 1. The molecule has 0 atom stereocenters. The maximum atomic E-state index is 11.7. The summed E-state index contributed by atoms with van der Waals surface area (Å²) < 4.78 is 0. The normalized spacial score (nSPS) is 30.3. The van der Waals surface area contributed by atoms with E-state index in [0.29, 0.717) is 11.6 Å². The van der Waals surface area contributed by atoms with Gasteiger partial charge in [0.05, 0.1) is 0 Å². The fraction of sp³-hybridized carbons (Fsp3) is 0.783. The van der Waals surface area contributed by atoms with Crippen LogP contribution in [0.5, 0.6) is 0 Å². The van der Waals surface area contributed by atoms with Gasteiger partial charge in [-0.1, -0.05) is 51.3 Å². The number of carbonyl (C=O) groups excluding carboxylic acids is 1. The summed E-state index contributed by atoms with van der Waals surface area (Å²) in [6.45, 7) is 7.79. The first-order valence-corrected chi connectivity index (χ1v) is 10.7. The van der Waals surface area contributed by atoms with Gasteiger partial charge in [0.15, 0.2) is 0 Å². The fourth-order valence-electron chi connectivity index (χ4n) is 4.43. The van der Waals surface area contributed by atoms with E-state index in [2.05, 4.69) is 31.0 Å². The van der Waals surface area contributed by atoms with Crippen molar-refractivity contribution in [3.63, 3.8) is 0 Å². The molecule has 0 unspecified atom stereocenters. The predicted octanol–water partition coefficient (Wildman–Crippen LogP) is 6.18. The van der Waals surface area contributed by atoms with Gasteiger partial charge in [-0.05, 0) is 76.0 Å². The average Bonchev–Trinajstić information content (AvgIpc) is 2.62. The number of hydrogen-bond donors (Lipinski definition) is 1. The first-order valence-electron chi connectivity index (χ1n) is 10.7. The minimum atomic E-state index is 0.0229. The van der Waals surface area contributed by atoms with Crippen LogP contribution in [0.15, 0.2) is 24.3 Å². The van der Waals surface area contributed by atoms with E-state index in [1.165, 1.54) is 64.2 Å². The lowest BCUT2D eigenvalue weighted by Gasteiger charge is -2.29. The minimum absolute atomic E-state index is 0.0229. The zero-order chi connectivity index (χ0) is 18.1. The van der Waals surface area contributed by atoms with E-state index in [-0.39, 0.29) is 5.91 Å². The SMILES string of the molecule is C=C(C)C(=O)NC1CCC(/C=C/C2CCC(CCCCC)CC2)CC1. The van der Waals surface area contributed by atoms with Crippen molar-refractivity contribution < 1.29 is 4.79 Å². The predicted molar refractivity (Wildman–Crippen MR) is 107 cm³/mol. The van der Waals surface area contributed by atoms with Gasteiger partial charge in [0, 0.05) is 11.6 Å². The van der Waals surface area contributed by atoms with Crippen molar-refractivity contribution in [2.75, 3.05) is 0 Å². The molecule has 2 rings (SSSR count). The van der Waals surface area contributed by atoms with Crippen molar-refractivity contribution in [2.24, 2.45) is 17.8 Å². The van der Waals surface area contributed by atoms with Crippen LogP contribution in [0.2, 0.25) is 0 Å². The van der Waals surface area contributed by atoms with Gasteiger partial charge in [0.2, 0.25) is 5.91 Å². The molecule has 25 heavy (non-hydrogen) atoms. The molecule has 0 heterocycles. The summed E-state index contributed by atoms with van der Waals surface area (Å²) in [5.74, 6) is 2.57. The molecule has 2 aliphatic carbocycles. The van der Waals surface area contributed by atoms with Crippen LogP contribution in [0.4, 0.5) is 0 Å². The molecule has 2 saturated carbocycles. The second-order valence-electron chi connectivity index (χ2n) is 8.53. The third-order valence-electron chi connectivity index (χ3n) is 6.26. The maximum Gasteiger partial charge on any atom is 0.246 e. The average molecular weight is 346 g/mol. The molecular formula is C23H39NO. The van der Waals surface area contributed by atoms with Crippen molar-refractivity contribution in [3.8, 4) is 0 Å². The molecule has 142 valence electrons. The monoisotopic (exact) mass is 345 g/mol. The van der Waals surface area contributed by atoms with E-state index >= 15 is 0 Å². The zero-order valence-corrected chi connectivity index (χ0v) is 16.6. The van der Waals surface area contributed by atoms with Crippen LogP contribution >= 0.6 is 0 Å². The lowest BCUT2D eigenvalue weighted by molar-refractivity contribution is -0.118. The van der Waals surface area contributed by atoms with Crippen LogP contribution in [0.1, 0.15) is 90.9 Å². The molecule has 0 bridgehead atoms. The first-order chi connectivity index (χ1) is 12.1. The van der Waals surface area contributed by atoms with Crippen molar-refractivity contribution in [1.29, 1.82) is 0 Å². The Bertz CT molecular complexity index is 437. The van der Waals surface area contributed by atoms with E-state index in [1.807, 2.05) is 0 Å². The minimum Gasteiger partial charge on any atom is -0.350 e. The van der Waals surface area contributed by atoms with E-state index in [1.54, 1.807) is 6.92 Å². The Balaban J connectivity index is 1.62. The fourth-order valence-corrected chi connectivity index (χ4v) is 4.43. The molecular weight excluding hydrogens is 306 g/mol. The Morgan fingerprint density at radius 3 is 2.04 bits per heavy atom. The van der Waals surface area contributed by atoms with Crippen LogP contribution in [-0.4, -0.2) is 11.9 Å². The highest BCUT2D eigenvalue weighted by Gasteiger charge is 2.22. The molecule has 2 aliphatic rings. The lowest BCUT2D eigenvalue weighted by atomic mass is 9.78. The van der Waals surface area contributed by atoms with E-state index in [0.717, 1.165) is 30.6 Å². The summed E-state index contributed by atoms with van der Waals surface area (Å²) >= 11 is 0. The molecule has 2 fully saturated rings. The second kappa shape index (κ2) is 10.8. The van der Waals surface area contributed by atoms with Crippen molar-refractivity contribution >= 4 is 5.91 Å². The molecule has 0 aliphatic heterocycles. The number of allylic oxidation sites excluding steroid dienone is 2. The molecule has 0 aromatic heterocycles. The molecule has 2 heteroatoms. The van der Waals surface area contributed by atoms with Crippen LogP contribution in [0, 0.1) is 17.8 Å². The van der Waals surface area contributed by atoms with Crippen molar-refractivity contribution in [2.45, 2.75) is 96.9 Å². The molecule has 0 radical (unpaired) electrons. The maximum absolute atomic E-state index is 11.7. The largest absolute Gasteiger partial charge is 0.350 e. The Labute approximate surface area is 155 Å². The van der Waals surface area contributed by atoms with E-state index in [4.69, 9.17) is 0 Å². The molecule has 2 nitrogen and oxygen atoms in total. The molecule has 1 amide bonds. The Morgan fingerprint density at radius 2 is 1.52 bits per heavy atom. The number of rotatable bonds is 8. The molecule has 1 N–H and O–H groups in total. The number of unbranched alkanes of at least 4 members (excludes halogenated alkanes) is 2. The smallest absolute Gasteiger partial charge is 0.246 e. The highest BCUT2D eigenvalue weighted by Crippen LogP contribution is 2.34. The summed E-state index contributed by atoms with van der Waals surface area (Å²) in [5.41, 5.74) is 0.618. The quantitative estimate of drug-likeness (QED) is 0.317. The summed E-state index contributed by atoms with van der Waals surface area (Å²) in [5, 5.41) is 3.11. The first kappa shape index (κ1) is 20.3. The van der Waals surface area contributed by atoms with Crippen molar-refractivity contribution in [3.05, 3.63) is 24.3 Å². The van der Waals surface area contributed by atoms with Gasteiger partial charge in [0.25, 0.3) is 0 Å². The Kier molecular flexibility index (Phi) is 8.78. The topological polar surface area (TPSA) is 29.1 Å². The van der Waals surface area contributed by atoms with Gasteiger partial charge in [-0.25, -0.2) is 0 Å². The highest BCUT2D eigenvalue weighted by molar-refractivity contribution is 5.92. The molecule has 0 aromatic carbocycles. The van der Waals surface area contributed by atoms with E-state index < -0.39 is 0 Å². The summed E-state index contributed by atoms with van der Waals surface area (Å²) in [4.78, 5) is 11.7. The van der Waals surface area contributed by atoms with Crippen LogP contribution in [-0.2, 0) is 4.79 Å². The zero-order valence-electron chi connectivity index (χ0n) is 16.6. The van der Waals surface area contributed by atoms with Crippen molar-refractivity contribution in [1.82, 2.24) is 5.32 Å². The van der Waals surface area contributed by atoms with Crippen LogP contribution in [0.25, 0.3) is 0 Å². The van der Waals surface area contributed by atoms with Gasteiger partial charge < -0.3 is 5.32 Å². The summed E-state index contributed by atoms with van der Waals surface area (Å²) in [6.07, 6.45) is 21.0. The molecule has 0 saturated heterocycles. The number of nitrogens with one attached hydrogen (secondary N) is 1. The van der Waals surface area contributed by atoms with E-state index in [9.17, 15) is 4.79 Å². The highest BCUT2D eigenvalue weighted by atomic mass is 16.1. The second-order valence-corrected chi connectivity index (χ2v) is 8.53.